The molecule has 5 nitrogen and oxygen atoms in total. The summed E-state index contributed by atoms with van der Waals surface area (Å²) in [5.41, 5.74) is 6.05. The minimum absolute atomic E-state index is 0.00815. The Labute approximate surface area is 165 Å². The number of aryl methyl sites for hydroxylation is 1. The minimum Gasteiger partial charge on any atom is -0.428 e. The molecule has 0 amide bonds. The molecule has 3 rings (SSSR count). The maximum atomic E-state index is 14.5. The van der Waals surface area contributed by atoms with Gasteiger partial charge in [-0.05, 0) is 49.2 Å². The van der Waals surface area contributed by atoms with Crippen molar-refractivity contribution in [1.29, 1.82) is 0 Å². The van der Waals surface area contributed by atoms with Crippen LogP contribution < -0.4 is 5.73 Å². The molecule has 1 aromatic carbocycles. The van der Waals surface area contributed by atoms with Gasteiger partial charge in [-0.2, -0.15) is 0 Å². The van der Waals surface area contributed by atoms with Gasteiger partial charge in [0.05, 0.1) is 5.02 Å². The third-order valence-electron chi connectivity index (χ3n) is 4.40. The third kappa shape index (κ3) is 4.04. The standard InChI is InChI=1S/C20H18ClF2N3O2/c1-11-5-13(21)10-25-18(11)17(27)7-12-3-4-16(23)15(6-12)20(2)8-14(9-22)28-19(24)26-20/h3-6,8,10H,7,9H2,1-2H3,(H2,24,26)/t20-/m0/s1. The van der Waals surface area contributed by atoms with Gasteiger partial charge in [0.25, 0.3) is 6.02 Å². The molecular formula is C20H18ClF2N3O2. The molecule has 0 unspecified atom stereocenters. The number of halogens is 3. The summed E-state index contributed by atoms with van der Waals surface area (Å²) >= 11 is 5.88. The first kappa shape index (κ1) is 19.9. The predicted octanol–water partition coefficient (Wildman–Crippen LogP) is 4.02. The van der Waals surface area contributed by atoms with Crippen molar-refractivity contribution in [2.75, 3.05) is 6.67 Å². The van der Waals surface area contributed by atoms with E-state index in [2.05, 4.69) is 9.98 Å². The van der Waals surface area contributed by atoms with Gasteiger partial charge in [-0.15, -0.1) is 0 Å². The minimum atomic E-state index is -1.25. The number of allylic oxidation sites excluding steroid dienone is 1. The van der Waals surface area contributed by atoms with Gasteiger partial charge in [0.2, 0.25) is 0 Å². The number of carbonyl (C=O) groups excluding carboxylic acids is 1. The molecule has 28 heavy (non-hydrogen) atoms. The lowest BCUT2D eigenvalue weighted by Crippen LogP contribution is -2.31. The summed E-state index contributed by atoms with van der Waals surface area (Å²) in [5.74, 6) is -0.823. The average molecular weight is 406 g/mol. The summed E-state index contributed by atoms with van der Waals surface area (Å²) in [4.78, 5) is 20.8. The van der Waals surface area contributed by atoms with E-state index in [4.69, 9.17) is 22.1 Å². The summed E-state index contributed by atoms with van der Waals surface area (Å²) in [7, 11) is 0. The molecule has 0 saturated heterocycles. The van der Waals surface area contributed by atoms with Crippen LogP contribution in [0.3, 0.4) is 0 Å². The fourth-order valence-electron chi connectivity index (χ4n) is 3.14. The number of rotatable bonds is 5. The van der Waals surface area contributed by atoms with Crippen molar-refractivity contribution in [2.24, 2.45) is 10.7 Å². The number of ether oxygens (including phenoxy) is 1. The summed E-state index contributed by atoms with van der Waals surface area (Å²) in [6.07, 6.45) is 2.79. The lowest BCUT2D eigenvalue weighted by Gasteiger charge is -2.28. The first-order valence-electron chi connectivity index (χ1n) is 8.47. The van der Waals surface area contributed by atoms with Crippen LogP contribution in [-0.2, 0) is 16.7 Å². The molecular weight excluding hydrogens is 388 g/mol. The molecule has 1 atom stereocenters. The van der Waals surface area contributed by atoms with E-state index < -0.39 is 18.0 Å². The molecule has 1 aromatic heterocycles. The molecule has 2 N–H and O–H groups in total. The summed E-state index contributed by atoms with van der Waals surface area (Å²) < 4.78 is 32.6. The Morgan fingerprint density at radius 3 is 2.79 bits per heavy atom. The second kappa shape index (κ2) is 7.67. The number of aromatic nitrogens is 1. The van der Waals surface area contributed by atoms with E-state index in [1.54, 1.807) is 19.9 Å². The van der Waals surface area contributed by atoms with Crippen LogP contribution in [-0.4, -0.2) is 23.5 Å². The normalized spacial score (nSPS) is 18.9. The average Bonchev–Trinajstić information content (AvgIpc) is 2.62. The quantitative estimate of drug-likeness (QED) is 0.762. The largest absolute Gasteiger partial charge is 0.428 e. The highest BCUT2D eigenvalue weighted by atomic mass is 35.5. The number of hydrogen-bond donors (Lipinski definition) is 1. The van der Waals surface area contributed by atoms with E-state index in [1.165, 1.54) is 30.5 Å². The number of Topliss-reactive ketones (excluding diaryl/α,β-unsaturated/α-hetero) is 1. The number of amidine groups is 1. The van der Waals surface area contributed by atoms with Crippen molar-refractivity contribution in [3.05, 3.63) is 75.5 Å². The lowest BCUT2D eigenvalue weighted by molar-refractivity contribution is 0.0987. The van der Waals surface area contributed by atoms with E-state index in [0.29, 0.717) is 21.8 Å². The SMILES string of the molecule is Cc1cc(Cl)cnc1C(=O)Cc1ccc(F)c([C@]2(C)C=C(CF)OC(N)=N2)c1. The van der Waals surface area contributed by atoms with Crippen LogP contribution >= 0.6 is 11.6 Å². The molecule has 0 aliphatic carbocycles. The Balaban J connectivity index is 1.95. The van der Waals surface area contributed by atoms with Gasteiger partial charge < -0.3 is 10.5 Å². The number of nitrogens with zero attached hydrogens (tertiary/aromatic N) is 2. The van der Waals surface area contributed by atoms with Gasteiger partial charge in [0, 0.05) is 18.2 Å². The monoisotopic (exact) mass is 405 g/mol. The Bertz CT molecular complexity index is 1010. The zero-order valence-electron chi connectivity index (χ0n) is 15.3. The van der Waals surface area contributed by atoms with Crippen LogP contribution in [0.4, 0.5) is 8.78 Å². The first-order chi connectivity index (χ1) is 13.2. The topological polar surface area (TPSA) is 77.6 Å². The first-order valence-corrected chi connectivity index (χ1v) is 8.85. The molecule has 0 spiro atoms. The van der Waals surface area contributed by atoms with Crippen LogP contribution in [0, 0.1) is 12.7 Å². The van der Waals surface area contributed by atoms with Crippen LogP contribution in [0.15, 0.2) is 47.3 Å². The van der Waals surface area contributed by atoms with Gasteiger partial charge in [0.1, 0.15) is 29.5 Å². The van der Waals surface area contributed by atoms with E-state index in [1.807, 2.05) is 0 Å². The molecule has 0 bridgehead atoms. The molecule has 0 saturated carbocycles. The number of carbonyl (C=O) groups is 1. The Hall–Kier alpha value is -2.80. The number of alkyl halides is 1. The number of aliphatic imine (C=N–C) groups is 1. The fraction of sp³-hybridized carbons (Fsp3) is 0.250. The maximum absolute atomic E-state index is 14.5. The molecule has 2 aromatic rings. The molecule has 0 radical (unpaired) electrons. The van der Waals surface area contributed by atoms with Gasteiger partial charge >= 0.3 is 0 Å². The van der Waals surface area contributed by atoms with E-state index in [-0.39, 0.29) is 29.5 Å². The lowest BCUT2D eigenvalue weighted by atomic mass is 9.88. The van der Waals surface area contributed by atoms with E-state index in [9.17, 15) is 13.6 Å². The molecule has 1 aliphatic rings. The van der Waals surface area contributed by atoms with Crippen LogP contribution in [0.25, 0.3) is 0 Å². The number of pyridine rings is 1. The predicted molar refractivity (Wildman–Crippen MR) is 103 cm³/mol. The van der Waals surface area contributed by atoms with Crippen LogP contribution in [0.2, 0.25) is 5.02 Å². The van der Waals surface area contributed by atoms with Gasteiger partial charge in [-0.1, -0.05) is 17.7 Å². The smallest absolute Gasteiger partial charge is 0.288 e. The van der Waals surface area contributed by atoms with Gasteiger partial charge in [-0.25, -0.2) is 13.8 Å². The Kier molecular flexibility index (Phi) is 5.47. The summed E-state index contributed by atoms with van der Waals surface area (Å²) in [6.45, 7) is 2.44. The number of nitrogens with two attached hydrogens (primary N) is 1. The van der Waals surface area contributed by atoms with Crippen molar-refractivity contribution in [3.63, 3.8) is 0 Å². The van der Waals surface area contributed by atoms with Gasteiger partial charge in [-0.3, -0.25) is 9.78 Å². The third-order valence-corrected chi connectivity index (χ3v) is 4.61. The van der Waals surface area contributed by atoms with Crippen molar-refractivity contribution < 1.29 is 18.3 Å². The summed E-state index contributed by atoms with van der Waals surface area (Å²) in [6, 6.07) is 5.68. The van der Waals surface area contributed by atoms with Gasteiger partial charge in [0.15, 0.2) is 5.78 Å². The number of benzene rings is 1. The highest BCUT2D eigenvalue weighted by molar-refractivity contribution is 6.30. The molecule has 146 valence electrons. The zero-order valence-corrected chi connectivity index (χ0v) is 16.1. The highest BCUT2D eigenvalue weighted by Gasteiger charge is 2.32. The molecule has 0 fully saturated rings. The molecule has 8 heteroatoms. The highest BCUT2D eigenvalue weighted by Crippen LogP contribution is 2.34. The fourth-order valence-corrected chi connectivity index (χ4v) is 3.35. The molecule has 2 heterocycles. The van der Waals surface area contributed by atoms with Crippen LogP contribution in [0.1, 0.15) is 34.1 Å². The number of ketones is 1. The number of hydrogen-bond acceptors (Lipinski definition) is 5. The van der Waals surface area contributed by atoms with Crippen molar-refractivity contribution in [2.45, 2.75) is 25.8 Å². The van der Waals surface area contributed by atoms with Crippen molar-refractivity contribution in [1.82, 2.24) is 4.98 Å². The Morgan fingerprint density at radius 1 is 1.36 bits per heavy atom. The van der Waals surface area contributed by atoms with Crippen molar-refractivity contribution in [3.8, 4) is 0 Å². The van der Waals surface area contributed by atoms with Crippen LogP contribution in [0.5, 0.6) is 0 Å². The second-order valence-electron chi connectivity index (χ2n) is 6.68. The molecule has 1 aliphatic heterocycles. The van der Waals surface area contributed by atoms with E-state index >= 15 is 0 Å². The zero-order chi connectivity index (χ0) is 20.5. The van der Waals surface area contributed by atoms with Crippen molar-refractivity contribution >= 4 is 23.4 Å². The maximum Gasteiger partial charge on any atom is 0.288 e. The van der Waals surface area contributed by atoms with E-state index in [0.717, 1.165) is 0 Å². The second-order valence-corrected chi connectivity index (χ2v) is 7.11. The summed E-state index contributed by atoms with van der Waals surface area (Å²) in [5, 5.41) is 0.441. The Morgan fingerprint density at radius 2 is 2.11 bits per heavy atom.